The van der Waals surface area contributed by atoms with Gasteiger partial charge in [-0.3, -0.25) is 4.90 Å². The third-order valence-corrected chi connectivity index (χ3v) is 7.16. The number of nitrogens with zero attached hydrogens (tertiary/aromatic N) is 3. The van der Waals surface area contributed by atoms with Gasteiger partial charge in [0.1, 0.15) is 5.82 Å². The summed E-state index contributed by atoms with van der Waals surface area (Å²) in [6, 6.07) is 15.3. The number of hydrogen-bond donors (Lipinski definition) is 1. The Hall–Kier alpha value is -2.22. The maximum absolute atomic E-state index is 12.9. The fourth-order valence-electron chi connectivity index (χ4n) is 3.69. The predicted octanol–water partition coefficient (Wildman–Crippen LogP) is 3.02. The number of aromatic amines is 1. The van der Waals surface area contributed by atoms with Crippen LogP contribution in [0, 0.1) is 0 Å². The van der Waals surface area contributed by atoms with Crippen LogP contribution in [0.2, 0.25) is 0 Å². The van der Waals surface area contributed by atoms with Gasteiger partial charge in [-0.05, 0) is 36.2 Å². The maximum atomic E-state index is 12.9. The van der Waals surface area contributed by atoms with E-state index in [0.29, 0.717) is 37.6 Å². The van der Waals surface area contributed by atoms with Crippen LogP contribution >= 0.6 is 0 Å². The van der Waals surface area contributed by atoms with Crippen LogP contribution in [-0.4, -0.2) is 53.8 Å². The second kappa shape index (κ2) is 8.03. The fourth-order valence-corrected chi connectivity index (χ4v) is 5.11. The van der Waals surface area contributed by atoms with E-state index in [1.54, 1.807) is 16.4 Å². The van der Waals surface area contributed by atoms with Crippen molar-refractivity contribution in [3.05, 3.63) is 59.9 Å². The van der Waals surface area contributed by atoms with Crippen LogP contribution in [0.4, 0.5) is 0 Å². The van der Waals surface area contributed by atoms with Crippen LogP contribution in [0.15, 0.2) is 53.4 Å². The number of nitrogens with one attached hydrogen (secondary N) is 1. The lowest BCUT2D eigenvalue weighted by molar-refractivity contribution is 0.178. The van der Waals surface area contributed by atoms with Crippen molar-refractivity contribution in [2.24, 2.45) is 0 Å². The summed E-state index contributed by atoms with van der Waals surface area (Å²) in [5.41, 5.74) is 3.17. The largest absolute Gasteiger partial charge is 0.341 e. The van der Waals surface area contributed by atoms with E-state index in [9.17, 15) is 8.42 Å². The van der Waals surface area contributed by atoms with Gasteiger partial charge in [-0.2, -0.15) is 4.31 Å². The van der Waals surface area contributed by atoms with Crippen molar-refractivity contribution < 1.29 is 8.42 Å². The minimum absolute atomic E-state index is 0.387. The van der Waals surface area contributed by atoms with Crippen molar-refractivity contribution in [2.45, 2.75) is 31.2 Å². The number of sulfonamides is 1. The molecule has 3 aromatic rings. The van der Waals surface area contributed by atoms with E-state index < -0.39 is 10.0 Å². The summed E-state index contributed by atoms with van der Waals surface area (Å²) in [6.45, 7) is 5.22. The molecular formula is C21H26N4O2S. The van der Waals surface area contributed by atoms with Gasteiger partial charge in [-0.25, -0.2) is 13.4 Å². The zero-order valence-corrected chi connectivity index (χ0v) is 17.0. The molecule has 7 heteroatoms. The molecular weight excluding hydrogens is 372 g/mol. The summed E-state index contributed by atoms with van der Waals surface area (Å²) in [7, 11) is -3.43. The Labute approximate surface area is 166 Å². The molecule has 6 nitrogen and oxygen atoms in total. The van der Waals surface area contributed by atoms with Crippen molar-refractivity contribution >= 4 is 21.1 Å². The molecule has 0 unspecified atom stereocenters. The molecule has 0 spiro atoms. The minimum atomic E-state index is -3.43. The number of piperazine rings is 1. The molecule has 2 heterocycles. The zero-order chi connectivity index (χ0) is 19.6. The van der Waals surface area contributed by atoms with Gasteiger partial charge in [0.05, 0.1) is 22.5 Å². The van der Waals surface area contributed by atoms with Crippen molar-refractivity contribution in [3.63, 3.8) is 0 Å². The van der Waals surface area contributed by atoms with Gasteiger partial charge in [0.25, 0.3) is 0 Å². The quantitative estimate of drug-likeness (QED) is 0.693. The summed E-state index contributed by atoms with van der Waals surface area (Å²) in [5, 5.41) is 0. The lowest BCUT2D eigenvalue weighted by atomic mass is 10.1. The first kappa shape index (κ1) is 19.1. The standard InChI is InChI=1S/C21H26N4O2S/c1-2-5-17-8-10-18(11-9-17)28(26,27)25-14-12-24(13-15-25)16-21-22-19-6-3-4-7-20(19)23-21/h3-4,6-11H,2,5,12-16H2,1H3,(H,22,23). The van der Waals surface area contributed by atoms with Crippen LogP contribution in [0.25, 0.3) is 11.0 Å². The number of H-pyrrole nitrogens is 1. The van der Waals surface area contributed by atoms with Crippen LogP contribution in [0.3, 0.4) is 0 Å². The minimum Gasteiger partial charge on any atom is -0.341 e. The number of imidazole rings is 1. The first-order valence-electron chi connectivity index (χ1n) is 9.81. The monoisotopic (exact) mass is 398 g/mol. The van der Waals surface area contributed by atoms with Crippen molar-refractivity contribution in [3.8, 4) is 0 Å². The highest BCUT2D eigenvalue weighted by atomic mass is 32.2. The molecule has 148 valence electrons. The molecule has 4 rings (SSSR count). The van der Waals surface area contributed by atoms with Crippen molar-refractivity contribution in [1.29, 1.82) is 0 Å². The Balaban J connectivity index is 1.38. The molecule has 1 aliphatic rings. The number of hydrogen-bond acceptors (Lipinski definition) is 4. The first-order chi connectivity index (χ1) is 13.6. The van der Waals surface area contributed by atoms with Gasteiger partial charge in [-0.15, -0.1) is 0 Å². The Morgan fingerprint density at radius 1 is 1.00 bits per heavy atom. The third-order valence-electron chi connectivity index (χ3n) is 5.24. The molecule has 0 saturated carbocycles. The highest BCUT2D eigenvalue weighted by Crippen LogP contribution is 2.20. The smallest absolute Gasteiger partial charge is 0.243 e. The number of aryl methyl sites for hydroxylation is 1. The van der Waals surface area contributed by atoms with Crippen molar-refractivity contribution in [2.75, 3.05) is 26.2 Å². The number of benzene rings is 2. The lowest BCUT2D eigenvalue weighted by Gasteiger charge is -2.33. The summed E-state index contributed by atoms with van der Waals surface area (Å²) in [6.07, 6.45) is 2.03. The molecule has 28 heavy (non-hydrogen) atoms. The molecule has 0 aliphatic carbocycles. The maximum Gasteiger partial charge on any atom is 0.243 e. The molecule has 0 amide bonds. The topological polar surface area (TPSA) is 69.3 Å². The van der Waals surface area contributed by atoms with Crippen LogP contribution < -0.4 is 0 Å². The highest BCUT2D eigenvalue weighted by Gasteiger charge is 2.28. The average Bonchev–Trinajstić information content (AvgIpc) is 3.11. The fraction of sp³-hybridized carbons (Fsp3) is 0.381. The lowest BCUT2D eigenvalue weighted by Crippen LogP contribution is -2.48. The van der Waals surface area contributed by atoms with E-state index >= 15 is 0 Å². The highest BCUT2D eigenvalue weighted by molar-refractivity contribution is 7.89. The molecule has 0 atom stereocenters. The predicted molar refractivity (Wildman–Crippen MR) is 111 cm³/mol. The van der Waals surface area contributed by atoms with Gasteiger partial charge < -0.3 is 4.98 Å². The molecule has 1 N–H and O–H groups in total. The molecule has 1 fully saturated rings. The molecule has 0 radical (unpaired) electrons. The van der Waals surface area contributed by atoms with Gasteiger partial charge in [0.15, 0.2) is 0 Å². The van der Waals surface area contributed by atoms with Gasteiger partial charge in [0, 0.05) is 26.2 Å². The Morgan fingerprint density at radius 2 is 1.71 bits per heavy atom. The van der Waals surface area contributed by atoms with Crippen LogP contribution in [-0.2, 0) is 23.0 Å². The van der Waals surface area contributed by atoms with Gasteiger partial charge in [-0.1, -0.05) is 37.6 Å². The summed E-state index contributed by atoms with van der Waals surface area (Å²) in [4.78, 5) is 10.6. The van der Waals surface area contributed by atoms with E-state index in [1.165, 1.54) is 5.56 Å². The number of para-hydroxylation sites is 2. The SMILES string of the molecule is CCCc1ccc(S(=O)(=O)N2CCN(Cc3nc4ccccc4[nH]3)CC2)cc1. The van der Waals surface area contributed by atoms with E-state index in [4.69, 9.17) is 0 Å². The Kier molecular flexibility index (Phi) is 5.48. The normalized spacial score (nSPS) is 16.6. The molecule has 1 aliphatic heterocycles. The van der Waals surface area contributed by atoms with E-state index in [1.807, 2.05) is 36.4 Å². The summed E-state index contributed by atoms with van der Waals surface area (Å²) >= 11 is 0. The van der Waals surface area contributed by atoms with E-state index in [2.05, 4.69) is 21.8 Å². The van der Waals surface area contributed by atoms with Crippen LogP contribution in [0.5, 0.6) is 0 Å². The van der Waals surface area contributed by atoms with Gasteiger partial charge >= 0.3 is 0 Å². The average molecular weight is 399 g/mol. The third kappa shape index (κ3) is 3.97. The summed E-state index contributed by atoms with van der Waals surface area (Å²) < 4.78 is 27.4. The number of fused-ring (bicyclic) bond motifs is 1. The Bertz CT molecular complexity index is 1000. The van der Waals surface area contributed by atoms with E-state index in [-0.39, 0.29) is 0 Å². The Morgan fingerprint density at radius 3 is 2.39 bits per heavy atom. The molecule has 2 aromatic carbocycles. The van der Waals surface area contributed by atoms with E-state index in [0.717, 1.165) is 29.7 Å². The first-order valence-corrected chi connectivity index (χ1v) is 11.3. The van der Waals surface area contributed by atoms with Gasteiger partial charge in [0.2, 0.25) is 10.0 Å². The number of aromatic nitrogens is 2. The second-order valence-corrected chi connectivity index (χ2v) is 9.21. The molecule has 1 saturated heterocycles. The van der Waals surface area contributed by atoms with Crippen molar-refractivity contribution in [1.82, 2.24) is 19.2 Å². The molecule has 0 bridgehead atoms. The summed E-state index contributed by atoms with van der Waals surface area (Å²) in [5.74, 6) is 0.920. The zero-order valence-electron chi connectivity index (χ0n) is 16.1. The molecule has 1 aromatic heterocycles. The second-order valence-electron chi connectivity index (χ2n) is 7.27. The number of rotatable bonds is 6. The van der Waals surface area contributed by atoms with Crippen LogP contribution in [0.1, 0.15) is 24.7 Å².